The summed E-state index contributed by atoms with van der Waals surface area (Å²) in [7, 11) is 0. The van der Waals surface area contributed by atoms with Gasteiger partial charge in [0, 0.05) is 24.1 Å². The third-order valence-electron chi connectivity index (χ3n) is 2.31. The van der Waals surface area contributed by atoms with Crippen LogP contribution >= 0.6 is 23.1 Å². The fraction of sp³-hybridized carbons (Fsp3) is 0.667. The smallest absolute Gasteiger partial charge is 0.0193 e. The summed E-state index contributed by atoms with van der Waals surface area (Å²) in [6.07, 6.45) is 2.56. The quantitative estimate of drug-likeness (QED) is 0.698. The van der Waals surface area contributed by atoms with Gasteiger partial charge in [-0.25, -0.2) is 0 Å². The third-order valence-corrected chi connectivity index (χ3v) is 4.07. The SMILES string of the molecule is CCCC(C)NCCSCc1ccsc1. The summed E-state index contributed by atoms with van der Waals surface area (Å²) in [6.45, 7) is 5.65. The lowest BCUT2D eigenvalue weighted by atomic mass is 10.2. The van der Waals surface area contributed by atoms with Crippen molar-refractivity contribution in [2.45, 2.75) is 38.5 Å². The summed E-state index contributed by atoms with van der Waals surface area (Å²) < 4.78 is 0. The lowest BCUT2D eigenvalue weighted by Crippen LogP contribution is -2.27. The van der Waals surface area contributed by atoms with Gasteiger partial charge in [-0.1, -0.05) is 13.3 Å². The van der Waals surface area contributed by atoms with Gasteiger partial charge < -0.3 is 5.32 Å². The second-order valence-corrected chi connectivity index (χ2v) is 5.71. The molecule has 1 N–H and O–H groups in total. The van der Waals surface area contributed by atoms with Crippen molar-refractivity contribution in [2.75, 3.05) is 12.3 Å². The molecule has 3 heteroatoms. The zero-order valence-electron chi connectivity index (χ0n) is 9.66. The molecule has 0 bridgehead atoms. The first-order valence-electron chi connectivity index (χ1n) is 5.65. The lowest BCUT2D eigenvalue weighted by molar-refractivity contribution is 0.526. The number of rotatable bonds is 8. The van der Waals surface area contributed by atoms with Gasteiger partial charge in [-0.2, -0.15) is 23.1 Å². The normalized spacial score (nSPS) is 12.9. The molecular formula is C12H21NS2. The first kappa shape index (κ1) is 13.1. The number of nitrogens with one attached hydrogen (secondary N) is 1. The minimum Gasteiger partial charge on any atom is -0.313 e. The van der Waals surface area contributed by atoms with Crippen molar-refractivity contribution in [3.63, 3.8) is 0 Å². The number of thioether (sulfide) groups is 1. The predicted molar refractivity (Wildman–Crippen MR) is 72.9 cm³/mol. The summed E-state index contributed by atoms with van der Waals surface area (Å²) in [6, 6.07) is 2.89. The molecule has 0 aliphatic heterocycles. The van der Waals surface area contributed by atoms with E-state index in [9.17, 15) is 0 Å². The molecule has 1 heterocycles. The summed E-state index contributed by atoms with van der Waals surface area (Å²) in [5.74, 6) is 2.37. The van der Waals surface area contributed by atoms with Crippen LogP contribution in [-0.4, -0.2) is 18.3 Å². The topological polar surface area (TPSA) is 12.0 Å². The maximum atomic E-state index is 3.55. The number of hydrogen-bond donors (Lipinski definition) is 1. The predicted octanol–water partition coefficient (Wildman–Crippen LogP) is 3.76. The van der Waals surface area contributed by atoms with Crippen LogP contribution in [0.1, 0.15) is 32.3 Å². The molecule has 1 unspecified atom stereocenters. The Morgan fingerprint density at radius 1 is 1.53 bits per heavy atom. The fourth-order valence-corrected chi connectivity index (χ4v) is 3.07. The van der Waals surface area contributed by atoms with E-state index in [0.717, 1.165) is 12.3 Å². The summed E-state index contributed by atoms with van der Waals surface area (Å²) >= 11 is 3.80. The van der Waals surface area contributed by atoms with E-state index in [1.54, 1.807) is 11.3 Å². The second kappa shape index (κ2) is 8.20. The van der Waals surface area contributed by atoms with Crippen LogP contribution in [0.2, 0.25) is 0 Å². The molecule has 1 nitrogen and oxygen atoms in total. The van der Waals surface area contributed by atoms with Crippen LogP contribution in [0, 0.1) is 0 Å². The molecule has 1 aromatic heterocycles. The van der Waals surface area contributed by atoms with E-state index < -0.39 is 0 Å². The number of hydrogen-bond acceptors (Lipinski definition) is 3. The molecule has 86 valence electrons. The molecule has 1 atom stereocenters. The van der Waals surface area contributed by atoms with Gasteiger partial charge in [0.25, 0.3) is 0 Å². The van der Waals surface area contributed by atoms with Crippen LogP contribution in [0.25, 0.3) is 0 Å². The molecule has 0 aliphatic rings. The van der Waals surface area contributed by atoms with E-state index in [0.29, 0.717) is 6.04 Å². The zero-order chi connectivity index (χ0) is 10.9. The van der Waals surface area contributed by atoms with Gasteiger partial charge in [-0.15, -0.1) is 0 Å². The van der Waals surface area contributed by atoms with Crippen LogP contribution < -0.4 is 5.32 Å². The van der Waals surface area contributed by atoms with Crippen molar-refractivity contribution >= 4 is 23.1 Å². The van der Waals surface area contributed by atoms with Gasteiger partial charge in [0.15, 0.2) is 0 Å². The highest BCUT2D eigenvalue weighted by atomic mass is 32.2. The second-order valence-electron chi connectivity index (χ2n) is 3.83. The molecule has 0 aromatic carbocycles. The molecule has 1 rings (SSSR count). The van der Waals surface area contributed by atoms with Crippen molar-refractivity contribution in [1.29, 1.82) is 0 Å². The van der Waals surface area contributed by atoms with Gasteiger partial charge in [0.05, 0.1) is 0 Å². The average Bonchev–Trinajstić information content (AvgIpc) is 2.70. The standard InChI is InChI=1S/C12H21NS2/c1-3-4-11(2)13-6-8-15-10-12-5-7-14-9-12/h5,7,9,11,13H,3-4,6,8,10H2,1-2H3. The Labute approximate surface area is 102 Å². The maximum absolute atomic E-state index is 3.55. The van der Waals surface area contributed by atoms with Crippen molar-refractivity contribution in [3.05, 3.63) is 22.4 Å². The van der Waals surface area contributed by atoms with Gasteiger partial charge in [0.1, 0.15) is 0 Å². The van der Waals surface area contributed by atoms with Gasteiger partial charge in [0.2, 0.25) is 0 Å². The highest BCUT2D eigenvalue weighted by Crippen LogP contribution is 2.14. The molecule has 0 radical (unpaired) electrons. The molecule has 0 fully saturated rings. The van der Waals surface area contributed by atoms with Crippen LogP contribution in [0.5, 0.6) is 0 Å². The minimum absolute atomic E-state index is 0.678. The molecular weight excluding hydrogens is 222 g/mol. The molecule has 0 spiro atoms. The summed E-state index contributed by atoms with van der Waals surface area (Å²) in [5.41, 5.74) is 1.46. The van der Waals surface area contributed by atoms with E-state index >= 15 is 0 Å². The molecule has 0 amide bonds. The fourth-order valence-electron chi connectivity index (χ4n) is 1.48. The van der Waals surface area contributed by atoms with E-state index in [1.807, 2.05) is 11.8 Å². The van der Waals surface area contributed by atoms with Crippen molar-refractivity contribution in [2.24, 2.45) is 0 Å². The Hall–Kier alpha value is 0.01000. The molecule has 0 aliphatic carbocycles. The van der Waals surface area contributed by atoms with Crippen molar-refractivity contribution < 1.29 is 0 Å². The largest absolute Gasteiger partial charge is 0.313 e. The first-order chi connectivity index (χ1) is 7.33. The Bertz CT molecular complexity index is 234. The van der Waals surface area contributed by atoms with Crippen molar-refractivity contribution in [3.8, 4) is 0 Å². The van der Waals surface area contributed by atoms with Gasteiger partial charge >= 0.3 is 0 Å². The van der Waals surface area contributed by atoms with Crippen LogP contribution in [-0.2, 0) is 5.75 Å². The third kappa shape index (κ3) is 6.23. The van der Waals surface area contributed by atoms with E-state index in [4.69, 9.17) is 0 Å². The Balaban J connectivity index is 1.93. The van der Waals surface area contributed by atoms with Gasteiger partial charge in [-0.05, 0) is 35.7 Å². The van der Waals surface area contributed by atoms with Crippen LogP contribution in [0.4, 0.5) is 0 Å². The molecule has 0 saturated carbocycles. The highest BCUT2D eigenvalue weighted by molar-refractivity contribution is 7.98. The Morgan fingerprint density at radius 2 is 2.40 bits per heavy atom. The maximum Gasteiger partial charge on any atom is 0.0193 e. The Morgan fingerprint density at radius 3 is 3.07 bits per heavy atom. The zero-order valence-corrected chi connectivity index (χ0v) is 11.3. The first-order valence-corrected chi connectivity index (χ1v) is 7.75. The summed E-state index contributed by atoms with van der Waals surface area (Å²) in [5, 5.41) is 7.93. The van der Waals surface area contributed by atoms with Crippen molar-refractivity contribution in [1.82, 2.24) is 5.32 Å². The molecule has 15 heavy (non-hydrogen) atoms. The van der Waals surface area contributed by atoms with E-state index in [-0.39, 0.29) is 0 Å². The van der Waals surface area contributed by atoms with Crippen LogP contribution in [0.15, 0.2) is 16.8 Å². The van der Waals surface area contributed by atoms with E-state index in [1.165, 1.54) is 24.2 Å². The highest BCUT2D eigenvalue weighted by Gasteiger charge is 1.98. The van der Waals surface area contributed by atoms with Gasteiger partial charge in [-0.3, -0.25) is 0 Å². The average molecular weight is 243 g/mol. The van der Waals surface area contributed by atoms with E-state index in [2.05, 4.69) is 36.0 Å². The minimum atomic E-state index is 0.678. The van der Waals surface area contributed by atoms with Crippen LogP contribution in [0.3, 0.4) is 0 Å². The lowest BCUT2D eigenvalue weighted by Gasteiger charge is -2.11. The molecule has 0 saturated heterocycles. The monoisotopic (exact) mass is 243 g/mol. The molecule has 1 aromatic rings. The Kier molecular flexibility index (Phi) is 7.14. The summed E-state index contributed by atoms with van der Waals surface area (Å²) in [4.78, 5) is 0. The number of thiophene rings is 1.